The lowest BCUT2D eigenvalue weighted by Crippen LogP contribution is -2.02. The van der Waals surface area contributed by atoms with Gasteiger partial charge in [-0.25, -0.2) is 0 Å². The highest BCUT2D eigenvalue weighted by molar-refractivity contribution is 5.58. The molecule has 2 nitrogen and oxygen atoms in total. The molecule has 0 aliphatic carbocycles. The fourth-order valence-electron chi connectivity index (χ4n) is 1.33. The molecular weight excluding hydrogens is 212 g/mol. The molecule has 0 saturated heterocycles. The molecule has 0 spiro atoms. The van der Waals surface area contributed by atoms with Crippen LogP contribution in [-0.4, -0.2) is 11.6 Å². The average Bonchev–Trinajstić information content (AvgIpc) is 2.30. The second-order valence-corrected chi connectivity index (χ2v) is 3.12. The Labute approximate surface area is 91.5 Å². The number of rotatable bonds is 3. The highest BCUT2D eigenvalue weighted by atomic mass is 19.3. The Balaban J connectivity index is 2.20. The number of ether oxygens (including phenoxy) is 1. The van der Waals surface area contributed by atoms with E-state index in [0.29, 0.717) is 0 Å². The van der Waals surface area contributed by atoms with Gasteiger partial charge in [-0.1, -0.05) is 30.3 Å². The van der Waals surface area contributed by atoms with E-state index in [2.05, 4.69) is 9.72 Å². The van der Waals surface area contributed by atoms with Crippen molar-refractivity contribution in [2.75, 3.05) is 0 Å². The Bertz CT molecular complexity index is 442. The first-order valence-electron chi connectivity index (χ1n) is 4.72. The van der Waals surface area contributed by atoms with Gasteiger partial charge in [-0.2, -0.15) is 8.78 Å². The van der Waals surface area contributed by atoms with Crippen LogP contribution >= 0.6 is 0 Å². The molecule has 1 aromatic carbocycles. The minimum absolute atomic E-state index is 0.0645. The van der Waals surface area contributed by atoms with Gasteiger partial charge in [0.25, 0.3) is 0 Å². The lowest BCUT2D eigenvalue weighted by atomic mass is 10.1. The summed E-state index contributed by atoms with van der Waals surface area (Å²) in [4.78, 5) is 4.04. The molecule has 82 valence electrons. The molecule has 0 radical (unpaired) electrons. The van der Waals surface area contributed by atoms with E-state index in [4.69, 9.17) is 0 Å². The van der Waals surface area contributed by atoms with Crippen molar-refractivity contribution >= 4 is 0 Å². The van der Waals surface area contributed by atoms with Crippen molar-refractivity contribution in [1.29, 1.82) is 0 Å². The summed E-state index contributed by atoms with van der Waals surface area (Å²) < 4.78 is 28.0. The van der Waals surface area contributed by atoms with Crippen LogP contribution in [0.5, 0.6) is 5.75 Å². The molecule has 0 amide bonds. The highest BCUT2D eigenvalue weighted by Crippen LogP contribution is 2.19. The van der Waals surface area contributed by atoms with Gasteiger partial charge >= 0.3 is 6.61 Å². The van der Waals surface area contributed by atoms with Crippen LogP contribution in [0.25, 0.3) is 11.3 Å². The predicted molar refractivity (Wildman–Crippen MR) is 56.3 cm³/mol. The summed E-state index contributed by atoms with van der Waals surface area (Å²) in [6, 6.07) is 12.6. The third-order valence-corrected chi connectivity index (χ3v) is 2.03. The van der Waals surface area contributed by atoms with Gasteiger partial charge in [-0.15, -0.1) is 0 Å². The van der Waals surface area contributed by atoms with Crippen molar-refractivity contribution in [3.63, 3.8) is 0 Å². The van der Waals surface area contributed by atoms with Crippen LogP contribution in [0, 0.1) is 0 Å². The summed E-state index contributed by atoms with van der Waals surface area (Å²) in [6.45, 7) is -2.82. The molecule has 2 rings (SSSR count). The standard InChI is InChI=1S/C12H9F2NO/c13-12(14)16-10-6-7-11(15-8-10)9-4-2-1-3-5-9/h1-8,12H. The zero-order valence-electron chi connectivity index (χ0n) is 8.31. The van der Waals surface area contributed by atoms with Gasteiger partial charge < -0.3 is 4.74 Å². The number of alkyl halides is 2. The number of hydrogen-bond donors (Lipinski definition) is 0. The summed E-state index contributed by atoms with van der Waals surface area (Å²) in [6.07, 6.45) is 1.29. The van der Waals surface area contributed by atoms with Crippen LogP contribution < -0.4 is 4.74 Å². The maximum atomic E-state index is 11.9. The Morgan fingerprint density at radius 2 is 1.75 bits per heavy atom. The predicted octanol–water partition coefficient (Wildman–Crippen LogP) is 3.35. The minimum atomic E-state index is -2.82. The molecule has 2 aromatic rings. The number of halogens is 2. The molecule has 16 heavy (non-hydrogen) atoms. The van der Waals surface area contributed by atoms with E-state index in [9.17, 15) is 8.78 Å². The van der Waals surface area contributed by atoms with E-state index in [-0.39, 0.29) is 5.75 Å². The molecule has 0 N–H and O–H groups in total. The largest absolute Gasteiger partial charge is 0.433 e. The molecule has 0 fully saturated rings. The average molecular weight is 221 g/mol. The molecule has 0 saturated carbocycles. The topological polar surface area (TPSA) is 22.1 Å². The molecule has 0 aliphatic rings. The van der Waals surface area contributed by atoms with Crippen molar-refractivity contribution in [2.45, 2.75) is 6.61 Å². The smallest absolute Gasteiger partial charge is 0.387 e. The highest BCUT2D eigenvalue weighted by Gasteiger charge is 2.04. The molecular formula is C12H9F2NO. The van der Waals surface area contributed by atoms with Gasteiger partial charge in [0, 0.05) is 5.56 Å². The molecule has 1 heterocycles. The van der Waals surface area contributed by atoms with Crippen molar-refractivity contribution in [3.05, 3.63) is 48.7 Å². The first kappa shape index (κ1) is 10.5. The lowest BCUT2D eigenvalue weighted by molar-refractivity contribution is -0.0500. The van der Waals surface area contributed by atoms with E-state index in [1.54, 1.807) is 6.07 Å². The summed E-state index contributed by atoms with van der Waals surface area (Å²) >= 11 is 0. The van der Waals surface area contributed by atoms with Gasteiger partial charge in [0.15, 0.2) is 0 Å². The number of hydrogen-bond acceptors (Lipinski definition) is 2. The van der Waals surface area contributed by atoms with Gasteiger partial charge in [0.1, 0.15) is 5.75 Å². The maximum Gasteiger partial charge on any atom is 0.387 e. The third-order valence-electron chi connectivity index (χ3n) is 2.03. The summed E-state index contributed by atoms with van der Waals surface area (Å²) in [5.41, 5.74) is 1.66. The fraction of sp³-hybridized carbons (Fsp3) is 0.0833. The molecule has 0 unspecified atom stereocenters. The molecule has 0 atom stereocenters. The van der Waals surface area contributed by atoms with Crippen molar-refractivity contribution in [2.24, 2.45) is 0 Å². The quantitative estimate of drug-likeness (QED) is 0.792. The van der Waals surface area contributed by atoms with E-state index < -0.39 is 6.61 Å². The lowest BCUT2D eigenvalue weighted by Gasteiger charge is -2.04. The van der Waals surface area contributed by atoms with Crippen LogP contribution in [0.3, 0.4) is 0 Å². The Hall–Kier alpha value is -1.97. The minimum Gasteiger partial charge on any atom is -0.433 e. The van der Waals surface area contributed by atoms with Gasteiger partial charge in [0.2, 0.25) is 0 Å². The van der Waals surface area contributed by atoms with E-state index in [1.165, 1.54) is 12.3 Å². The number of nitrogens with zero attached hydrogens (tertiary/aromatic N) is 1. The molecule has 1 aromatic heterocycles. The molecule has 0 aliphatic heterocycles. The maximum absolute atomic E-state index is 11.9. The van der Waals surface area contributed by atoms with Gasteiger partial charge in [-0.05, 0) is 12.1 Å². The first-order chi connectivity index (χ1) is 7.75. The number of pyridine rings is 1. The monoisotopic (exact) mass is 221 g/mol. The van der Waals surface area contributed by atoms with E-state index >= 15 is 0 Å². The Morgan fingerprint density at radius 1 is 1.00 bits per heavy atom. The Kier molecular flexibility index (Phi) is 3.10. The zero-order chi connectivity index (χ0) is 11.4. The van der Waals surface area contributed by atoms with Crippen LogP contribution in [0.2, 0.25) is 0 Å². The summed E-state index contributed by atoms with van der Waals surface area (Å²) in [7, 11) is 0. The normalized spacial score (nSPS) is 10.4. The summed E-state index contributed by atoms with van der Waals surface area (Å²) in [5.74, 6) is 0.0645. The zero-order valence-corrected chi connectivity index (χ0v) is 8.31. The third kappa shape index (κ3) is 2.53. The number of aromatic nitrogens is 1. The van der Waals surface area contributed by atoms with E-state index in [1.807, 2.05) is 30.3 Å². The SMILES string of the molecule is FC(F)Oc1ccc(-c2ccccc2)nc1. The van der Waals surface area contributed by atoms with Gasteiger partial charge in [0.05, 0.1) is 11.9 Å². The summed E-state index contributed by atoms with van der Waals surface area (Å²) in [5, 5.41) is 0. The molecule has 4 heteroatoms. The van der Waals surface area contributed by atoms with Crippen LogP contribution in [0.15, 0.2) is 48.7 Å². The first-order valence-corrected chi connectivity index (χ1v) is 4.72. The fourth-order valence-corrected chi connectivity index (χ4v) is 1.33. The second kappa shape index (κ2) is 4.70. The molecule has 0 bridgehead atoms. The van der Waals surface area contributed by atoms with Crippen LogP contribution in [0.4, 0.5) is 8.78 Å². The Morgan fingerprint density at radius 3 is 2.31 bits per heavy atom. The van der Waals surface area contributed by atoms with Crippen LogP contribution in [-0.2, 0) is 0 Å². The van der Waals surface area contributed by atoms with Crippen molar-refractivity contribution < 1.29 is 13.5 Å². The second-order valence-electron chi connectivity index (χ2n) is 3.12. The van der Waals surface area contributed by atoms with Crippen molar-refractivity contribution in [3.8, 4) is 17.0 Å². The number of benzene rings is 1. The van der Waals surface area contributed by atoms with Gasteiger partial charge in [-0.3, -0.25) is 4.98 Å². The van der Waals surface area contributed by atoms with E-state index in [0.717, 1.165) is 11.3 Å². The van der Waals surface area contributed by atoms with Crippen molar-refractivity contribution in [1.82, 2.24) is 4.98 Å². The van der Waals surface area contributed by atoms with Crippen LogP contribution in [0.1, 0.15) is 0 Å².